The maximum absolute atomic E-state index is 11.4. The summed E-state index contributed by atoms with van der Waals surface area (Å²) in [6.45, 7) is 5.25. The van der Waals surface area contributed by atoms with E-state index in [-0.39, 0.29) is 17.2 Å². The SMILES string of the molecule is CC1(C)C(CCCn2cncn2)CC[C@@H]1C(N)=O. The molecule has 1 heterocycles. The molecule has 0 aliphatic heterocycles. The molecule has 0 radical (unpaired) electrons. The van der Waals surface area contributed by atoms with E-state index in [0.29, 0.717) is 5.92 Å². The molecule has 2 rings (SSSR count). The second-order valence-corrected chi connectivity index (χ2v) is 5.85. The number of primary amides is 1. The fraction of sp³-hybridized carbons (Fsp3) is 0.769. The number of carbonyl (C=O) groups is 1. The molecule has 5 heteroatoms. The molecule has 1 aromatic rings. The average molecular weight is 250 g/mol. The van der Waals surface area contributed by atoms with E-state index >= 15 is 0 Å². The molecule has 1 unspecified atom stereocenters. The van der Waals surface area contributed by atoms with E-state index < -0.39 is 0 Å². The van der Waals surface area contributed by atoms with Crippen LogP contribution in [-0.2, 0) is 11.3 Å². The first kappa shape index (κ1) is 13.1. The maximum atomic E-state index is 11.4. The summed E-state index contributed by atoms with van der Waals surface area (Å²) in [5.74, 6) is 0.478. The molecule has 100 valence electrons. The van der Waals surface area contributed by atoms with E-state index in [1.165, 1.54) is 0 Å². The third kappa shape index (κ3) is 2.54. The summed E-state index contributed by atoms with van der Waals surface area (Å²) in [5, 5.41) is 4.09. The van der Waals surface area contributed by atoms with E-state index in [0.717, 1.165) is 32.2 Å². The number of carbonyl (C=O) groups excluding carboxylic acids is 1. The van der Waals surface area contributed by atoms with Gasteiger partial charge in [-0.15, -0.1) is 0 Å². The van der Waals surface area contributed by atoms with Crippen molar-refractivity contribution in [1.82, 2.24) is 14.8 Å². The monoisotopic (exact) mass is 250 g/mol. The number of nitrogens with two attached hydrogens (primary N) is 1. The lowest BCUT2D eigenvalue weighted by atomic mass is 9.73. The predicted molar refractivity (Wildman–Crippen MR) is 68.4 cm³/mol. The van der Waals surface area contributed by atoms with Crippen molar-refractivity contribution in [1.29, 1.82) is 0 Å². The van der Waals surface area contributed by atoms with Crippen LogP contribution in [-0.4, -0.2) is 20.7 Å². The number of rotatable bonds is 5. The lowest BCUT2D eigenvalue weighted by Gasteiger charge is -2.31. The Kier molecular flexibility index (Phi) is 3.68. The Bertz CT molecular complexity index is 399. The van der Waals surface area contributed by atoms with E-state index in [1.807, 2.05) is 4.68 Å². The van der Waals surface area contributed by atoms with Gasteiger partial charge < -0.3 is 5.73 Å². The molecule has 18 heavy (non-hydrogen) atoms. The summed E-state index contributed by atoms with van der Waals surface area (Å²) >= 11 is 0. The molecular weight excluding hydrogens is 228 g/mol. The van der Waals surface area contributed by atoms with Crippen molar-refractivity contribution in [3.05, 3.63) is 12.7 Å². The lowest BCUT2D eigenvalue weighted by molar-refractivity contribution is -0.124. The van der Waals surface area contributed by atoms with E-state index in [4.69, 9.17) is 5.73 Å². The van der Waals surface area contributed by atoms with E-state index in [9.17, 15) is 4.79 Å². The second kappa shape index (κ2) is 5.08. The largest absolute Gasteiger partial charge is 0.369 e. The summed E-state index contributed by atoms with van der Waals surface area (Å²) in [4.78, 5) is 15.4. The molecule has 1 saturated carbocycles. The van der Waals surface area contributed by atoms with Gasteiger partial charge in [-0.3, -0.25) is 9.48 Å². The van der Waals surface area contributed by atoms with Gasteiger partial charge in [0.25, 0.3) is 0 Å². The van der Waals surface area contributed by atoms with Crippen LogP contribution in [0.25, 0.3) is 0 Å². The highest BCUT2D eigenvalue weighted by Crippen LogP contribution is 2.49. The minimum atomic E-state index is -0.140. The van der Waals surface area contributed by atoms with Gasteiger partial charge in [-0.2, -0.15) is 5.10 Å². The number of hydrogen-bond acceptors (Lipinski definition) is 3. The van der Waals surface area contributed by atoms with Gasteiger partial charge in [0, 0.05) is 12.5 Å². The first-order valence-electron chi connectivity index (χ1n) is 6.63. The fourth-order valence-electron chi connectivity index (χ4n) is 3.27. The van der Waals surface area contributed by atoms with Crippen LogP contribution in [0.1, 0.15) is 39.5 Å². The van der Waals surface area contributed by atoms with Gasteiger partial charge >= 0.3 is 0 Å². The molecular formula is C13H22N4O. The minimum Gasteiger partial charge on any atom is -0.369 e. The molecule has 0 spiro atoms. The number of hydrogen-bond donors (Lipinski definition) is 1. The maximum Gasteiger partial charge on any atom is 0.221 e. The number of aryl methyl sites for hydroxylation is 1. The Morgan fingerprint density at radius 1 is 1.50 bits per heavy atom. The van der Waals surface area contributed by atoms with Crippen LogP contribution in [0.15, 0.2) is 12.7 Å². The third-order valence-corrected chi connectivity index (χ3v) is 4.50. The van der Waals surface area contributed by atoms with Crippen molar-refractivity contribution in [3.63, 3.8) is 0 Å². The summed E-state index contributed by atoms with van der Waals surface area (Å²) in [6.07, 6.45) is 7.54. The van der Waals surface area contributed by atoms with Crippen LogP contribution in [0.5, 0.6) is 0 Å². The summed E-state index contributed by atoms with van der Waals surface area (Å²) in [5.41, 5.74) is 5.52. The molecule has 1 aliphatic rings. The fourth-order valence-corrected chi connectivity index (χ4v) is 3.27. The zero-order valence-electron chi connectivity index (χ0n) is 11.2. The van der Waals surface area contributed by atoms with Gasteiger partial charge in [0.15, 0.2) is 0 Å². The molecule has 2 atom stereocenters. The molecule has 0 bridgehead atoms. The summed E-state index contributed by atoms with van der Waals surface area (Å²) < 4.78 is 1.85. The van der Waals surface area contributed by atoms with Crippen molar-refractivity contribution >= 4 is 5.91 Å². The van der Waals surface area contributed by atoms with Crippen molar-refractivity contribution in [3.8, 4) is 0 Å². The number of nitrogens with zero attached hydrogens (tertiary/aromatic N) is 3. The first-order chi connectivity index (χ1) is 8.51. The van der Waals surface area contributed by atoms with Crippen LogP contribution in [0, 0.1) is 17.3 Å². The lowest BCUT2D eigenvalue weighted by Crippen LogP contribution is -2.34. The molecule has 0 aromatic carbocycles. The molecule has 5 nitrogen and oxygen atoms in total. The van der Waals surface area contributed by atoms with Crippen molar-refractivity contribution in [2.45, 2.75) is 46.1 Å². The third-order valence-electron chi connectivity index (χ3n) is 4.50. The standard InChI is InChI=1S/C13H22N4O/c1-13(2)10(5-6-11(13)12(14)18)4-3-7-17-9-15-8-16-17/h8-11H,3-7H2,1-2H3,(H2,14,18)/t10?,11-/m1/s1. The van der Waals surface area contributed by atoms with Crippen molar-refractivity contribution in [2.75, 3.05) is 0 Å². The zero-order chi connectivity index (χ0) is 13.2. The first-order valence-corrected chi connectivity index (χ1v) is 6.63. The molecule has 2 N–H and O–H groups in total. The molecule has 1 aromatic heterocycles. The molecule has 0 saturated heterocycles. The Morgan fingerprint density at radius 3 is 2.83 bits per heavy atom. The Morgan fingerprint density at radius 2 is 2.28 bits per heavy atom. The Labute approximate surface area is 108 Å². The highest BCUT2D eigenvalue weighted by atomic mass is 16.1. The van der Waals surface area contributed by atoms with Crippen molar-refractivity contribution < 1.29 is 4.79 Å². The van der Waals surface area contributed by atoms with Crippen LogP contribution >= 0.6 is 0 Å². The van der Waals surface area contributed by atoms with Crippen LogP contribution in [0.2, 0.25) is 0 Å². The Hall–Kier alpha value is -1.39. The normalized spacial score (nSPS) is 26.3. The second-order valence-electron chi connectivity index (χ2n) is 5.85. The highest BCUT2D eigenvalue weighted by molar-refractivity contribution is 5.77. The van der Waals surface area contributed by atoms with Gasteiger partial charge in [0.05, 0.1) is 0 Å². The topological polar surface area (TPSA) is 73.8 Å². The quantitative estimate of drug-likeness (QED) is 0.862. The average Bonchev–Trinajstić information content (AvgIpc) is 2.87. The van der Waals surface area contributed by atoms with E-state index in [1.54, 1.807) is 12.7 Å². The van der Waals surface area contributed by atoms with Crippen molar-refractivity contribution in [2.24, 2.45) is 23.0 Å². The molecule has 1 amide bonds. The van der Waals surface area contributed by atoms with Crippen LogP contribution in [0.3, 0.4) is 0 Å². The molecule has 1 fully saturated rings. The number of aromatic nitrogens is 3. The van der Waals surface area contributed by atoms with E-state index in [2.05, 4.69) is 23.9 Å². The summed E-state index contributed by atoms with van der Waals surface area (Å²) in [7, 11) is 0. The van der Waals surface area contributed by atoms with Gasteiger partial charge in [-0.1, -0.05) is 13.8 Å². The van der Waals surface area contributed by atoms with Crippen LogP contribution in [0.4, 0.5) is 0 Å². The number of amides is 1. The van der Waals surface area contributed by atoms with Gasteiger partial charge in [-0.25, -0.2) is 4.98 Å². The Balaban J connectivity index is 1.85. The zero-order valence-corrected chi connectivity index (χ0v) is 11.2. The van der Waals surface area contributed by atoms with Gasteiger partial charge in [0.2, 0.25) is 5.91 Å². The minimum absolute atomic E-state index is 0.0359. The highest BCUT2D eigenvalue weighted by Gasteiger charge is 2.45. The smallest absolute Gasteiger partial charge is 0.221 e. The van der Waals surface area contributed by atoms with Crippen LogP contribution < -0.4 is 5.73 Å². The van der Waals surface area contributed by atoms with Gasteiger partial charge in [-0.05, 0) is 37.0 Å². The summed E-state index contributed by atoms with van der Waals surface area (Å²) in [6, 6.07) is 0. The predicted octanol–water partition coefficient (Wildman–Crippen LogP) is 1.60. The van der Waals surface area contributed by atoms with Gasteiger partial charge in [0.1, 0.15) is 12.7 Å². The molecule has 1 aliphatic carbocycles.